The number of fused-ring (bicyclic) bond motifs is 1. The molecule has 2 aromatic heterocycles. The van der Waals surface area contributed by atoms with E-state index in [1.807, 2.05) is 6.07 Å². The highest BCUT2D eigenvalue weighted by Gasteiger charge is 2.31. The third-order valence-corrected chi connectivity index (χ3v) is 5.55. The Morgan fingerprint density at radius 2 is 1.93 bits per heavy atom. The van der Waals surface area contributed by atoms with Gasteiger partial charge in [-0.3, -0.25) is 4.98 Å². The molecule has 0 saturated heterocycles. The number of benzene rings is 1. The minimum Gasteiger partial charge on any atom is -0.363 e. The fraction of sp³-hybridized carbons (Fsp3) is 0.350. The van der Waals surface area contributed by atoms with Crippen molar-refractivity contribution >= 4 is 34.1 Å². The Labute approximate surface area is 175 Å². The summed E-state index contributed by atoms with van der Waals surface area (Å²) in [6, 6.07) is 4.08. The molecule has 3 rings (SSSR count). The van der Waals surface area contributed by atoms with Gasteiger partial charge in [0.2, 0.25) is 0 Å². The molecule has 0 bridgehead atoms. The Morgan fingerprint density at radius 1 is 1.24 bits per heavy atom. The number of aliphatic hydroxyl groups is 1. The van der Waals surface area contributed by atoms with Crippen molar-refractivity contribution in [3.05, 3.63) is 62.5 Å². The molecular formula is C20H19Cl2F3N2O2. The molecule has 1 N–H and O–H groups in total. The van der Waals surface area contributed by atoms with Gasteiger partial charge in [-0.05, 0) is 43.2 Å². The molecule has 4 nitrogen and oxygen atoms in total. The lowest BCUT2D eigenvalue weighted by Crippen LogP contribution is -2.09. The molecule has 3 aromatic rings. The summed E-state index contributed by atoms with van der Waals surface area (Å²) >= 11 is 12.7. The second-order valence-corrected chi connectivity index (χ2v) is 7.47. The molecule has 1 atom stereocenters. The van der Waals surface area contributed by atoms with Gasteiger partial charge in [-0.15, -0.1) is 0 Å². The van der Waals surface area contributed by atoms with Gasteiger partial charge in [0.1, 0.15) is 5.69 Å². The second kappa shape index (κ2) is 8.14. The summed E-state index contributed by atoms with van der Waals surface area (Å²) in [6.07, 6.45) is -4.10. The minimum atomic E-state index is -4.43. The van der Waals surface area contributed by atoms with Crippen LogP contribution in [-0.4, -0.2) is 21.3 Å². The average Bonchev–Trinajstić information content (AvgIpc) is 2.95. The van der Waals surface area contributed by atoms with E-state index in [0.29, 0.717) is 32.7 Å². The lowest BCUT2D eigenvalue weighted by Gasteiger charge is -2.15. The first-order valence-electron chi connectivity index (χ1n) is 8.83. The van der Waals surface area contributed by atoms with Crippen LogP contribution in [0.4, 0.5) is 13.2 Å². The highest BCUT2D eigenvalue weighted by atomic mass is 35.5. The number of halogens is 5. The fourth-order valence-electron chi connectivity index (χ4n) is 3.27. The van der Waals surface area contributed by atoms with Crippen molar-refractivity contribution in [1.29, 1.82) is 0 Å². The van der Waals surface area contributed by atoms with Crippen LogP contribution in [0.1, 0.15) is 41.3 Å². The number of rotatable bonds is 5. The molecular weight excluding hydrogens is 428 g/mol. The van der Waals surface area contributed by atoms with E-state index in [1.165, 1.54) is 6.20 Å². The number of alkyl halides is 3. The maximum atomic E-state index is 13.2. The maximum absolute atomic E-state index is 13.2. The van der Waals surface area contributed by atoms with Gasteiger partial charge in [-0.2, -0.15) is 13.2 Å². The van der Waals surface area contributed by atoms with Crippen LogP contribution in [0.25, 0.3) is 10.9 Å². The van der Waals surface area contributed by atoms with Crippen molar-refractivity contribution < 1.29 is 23.0 Å². The van der Waals surface area contributed by atoms with E-state index in [4.69, 9.17) is 27.9 Å². The summed E-state index contributed by atoms with van der Waals surface area (Å²) < 4.78 is 46.4. The zero-order valence-corrected chi connectivity index (χ0v) is 17.5. The van der Waals surface area contributed by atoms with Crippen molar-refractivity contribution in [2.24, 2.45) is 7.05 Å². The maximum Gasteiger partial charge on any atom is 0.416 e. The monoisotopic (exact) mass is 446 g/mol. The predicted molar refractivity (Wildman–Crippen MR) is 106 cm³/mol. The van der Waals surface area contributed by atoms with Gasteiger partial charge in [0.05, 0.1) is 15.6 Å². The summed E-state index contributed by atoms with van der Waals surface area (Å²) in [7, 11) is 1.69. The lowest BCUT2D eigenvalue weighted by molar-refractivity contribution is -0.137. The zero-order valence-electron chi connectivity index (χ0n) is 15.9. The van der Waals surface area contributed by atoms with E-state index in [1.54, 1.807) is 25.5 Å². The fourth-order valence-corrected chi connectivity index (χ4v) is 3.84. The van der Waals surface area contributed by atoms with E-state index in [2.05, 4.69) is 4.98 Å². The molecule has 0 aliphatic rings. The van der Waals surface area contributed by atoms with Crippen LogP contribution >= 0.6 is 23.2 Å². The molecule has 1 unspecified atom stereocenters. The normalized spacial score (nSPS) is 13.3. The standard InChI is InChI=1S/C20H19Cl2F3N2O2/c1-4-29-19(28)18-17(22)14(15(21)9-26-18)8-12-7-13-10(2)5-11(20(23,24)25)6-16(13)27(12)3/h5-7,9,19,28H,4,8H2,1-3H3. The van der Waals surface area contributed by atoms with Gasteiger partial charge in [0.25, 0.3) is 0 Å². The third-order valence-electron chi connectivity index (χ3n) is 4.81. The third kappa shape index (κ3) is 4.23. The van der Waals surface area contributed by atoms with E-state index in [0.717, 1.165) is 12.1 Å². The number of aromatic nitrogens is 2. The van der Waals surface area contributed by atoms with Crippen molar-refractivity contribution in [2.75, 3.05) is 6.61 Å². The van der Waals surface area contributed by atoms with Crippen molar-refractivity contribution in [3.63, 3.8) is 0 Å². The molecule has 29 heavy (non-hydrogen) atoms. The van der Waals surface area contributed by atoms with E-state index < -0.39 is 18.0 Å². The number of nitrogens with zero attached hydrogens (tertiary/aromatic N) is 2. The summed E-state index contributed by atoms with van der Waals surface area (Å²) in [5.74, 6) is 0. The molecule has 0 aliphatic heterocycles. The number of pyridine rings is 1. The van der Waals surface area contributed by atoms with Crippen molar-refractivity contribution in [3.8, 4) is 0 Å². The molecule has 0 radical (unpaired) electrons. The van der Waals surface area contributed by atoms with Gasteiger partial charge in [-0.1, -0.05) is 23.2 Å². The van der Waals surface area contributed by atoms with Gasteiger partial charge in [-0.25, -0.2) is 0 Å². The molecule has 1 aromatic carbocycles. The number of ether oxygens (including phenoxy) is 1. The summed E-state index contributed by atoms with van der Waals surface area (Å²) in [4.78, 5) is 4.05. The molecule has 2 heterocycles. The minimum absolute atomic E-state index is 0.141. The summed E-state index contributed by atoms with van der Waals surface area (Å²) in [5, 5.41) is 11.2. The molecule has 156 valence electrons. The quantitative estimate of drug-likeness (QED) is 0.501. The topological polar surface area (TPSA) is 47.3 Å². The number of aryl methyl sites for hydroxylation is 2. The largest absolute Gasteiger partial charge is 0.416 e. The van der Waals surface area contributed by atoms with Crippen LogP contribution in [0.2, 0.25) is 10.0 Å². The van der Waals surface area contributed by atoms with Crippen molar-refractivity contribution in [1.82, 2.24) is 9.55 Å². The predicted octanol–water partition coefficient (Wildman–Crippen LogP) is 5.83. The van der Waals surface area contributed by atoms with Gasteiger partial charge in [0.15, 0.2) is 6.29 Å². The number of hydrogen-bond donors (Lipinski definition) is 1. The Kier molecular flexibility index (Phi) is 6.15. The molecule has 9 heteroatoms. The lowest BCUT2D eigenvalue weighted by atomic mass is 10.1. The first-order chi connectivity index (χ1) is 13.5. The summed E-state index contributed by atoms with van der Waals surface area (Å²) in [5.41, 5.74) is 1.66. The first kappa shape index (κ1) is 21.9. The van der Waals surface area contributed by atoms with Crippen LogP contribution in [0.15, 0.2) is 24.4 Å². The van der Waals surface area contributed by atoms with E-state index in [9.17, 15) is 18.3 Å². The Hall–Kier alpha value is -1.80. The van der Waals surface area contributed by atoms with Crippen LogP contribution < -0.4 is 0 Å². The number of aliphatic hydroxyl groups excluding tert-OH is 1. The zero-order chi connectivity index (χ0) is 21.5. The Bertz CT molecular complexity index is 1060. The van der Waals surface area contributed by atoms with Crippen LogP contribution in [0.5, 0.6) is 0 Å². The highest BCUT2D eigenvalue weighted by molar-refractivity contribution is 6.36. The van der Waals surface area contributed by atoms with Crippen LogP contribution in [0, 0.1) is 6.92 Å². The van der Waals surface area contributed by atoms with Gasteiger partial charge in [0, 0.05) is 42.9 Å². The van der Waals surface area contributed by atoms with Crippen LogP contribution in [-0.2, 0) is 24.4 Å². The van der Waals surface area contributed by atoms with Gasteiger partial charge >= 0.3 is 6.18 Å². The van der Waals surface area contributed by atoms with E-state index in [-0.39, 0.29) is 23.7 Å². The Balaban J connectivity index is 2.08. The van der Waals surface area contributed by atoms with Crippen molar-refractivity contribution in [2.45, 2.75) is 32.7 Å². The van der Waals surface area contributed by atoms with E-state index >= 15 is 0 Å². The molecule has 0 fully saturated rings. The van der Waals surface area contributed by atoms with Gasteiger partial charge < -0.3 is 14.4 Å². The Morgan fingerprint density at radius 3 is 2.55 bits per heavy atom. The highest BCUT2D eigenvalue weighted by Crippen LogP contribution is 2.36. The SMILES string of the molecule is CCOC(O)c1ncc(Cl)c(Cc2cc3c(C)cc(C(F)(F)F)cc3n2C)c1Cl. The molecule has 0 amide bonds. The first-order valence-corrected chi connectivity index (χ1v) is 9.58. The van der Waals surface area contributed by atoms with Crippen LogP contribution in [0.3, 0.4) is 0 Å². The number of hydrogen-bond acceptors (Lipinski definition) is 3. The second-order valence-electron chi connectivity index (χ2n) is 6.69. The molecule has 0 saturated carbocycles. The smallest absolute Gasteiger partial charge is 0.363 e. The molecule has 0 spiro atoms. The molecule has 0 aliphatic carbocycles. The average molecular weight is 447 g/mol. The summed E-state index contributed by atoms with van der Waals surface area (Å²) in [6.45, 7) is 3.63.